The molecule has 0 N–H and O–H groups in total. The second-order valence-electron chi connectivity index (χ2n) is 3.87. The summed E-state index contributed by atoms with van der Waals surface area (Å²) in [6.07, 6.45) is 3.83. The SMILES string of the molecule is C=C[C@]1(C)CCc2cc(Cl)ccc2O1. The zero-order valence-corrected chi connectivity index (χ0v) is 8.97. The van der Waals surface area contributed by atoms with Crippen molar-refractivity contribution in [3.63, 3.8) is 0 Å². The van der Waals surface area contributed by atoms with Crippen LogP contribution in [0.4, 0.5) is 0 Å². The van der Waals surface area contributed by atoms with Crippen LogP contribution in [0.1, 0.15) is 18.9 Å². The Morgan fingerprint density at radius 1 is 1.57 bits per heavy atom. The zero-order chi connectivity index (χ0) is 10.2. The molecule has 2 rings (SSSR count). The molecule has 0 aliphatic carbocycles. The van der Waals surface area contributed by atoms with E-state index in [1.807, 2.05) is 24.3 Å². The first-order valence-corrected chi connectivity index (χ1v) is 5.12. The van der Waals surface area contributed by atoms with Gasteiger partial charge in [-0.05, 0) is 49.6 Å². The van der Waals surface area contributed by atoms with Gasteiger partial charge in [0.1, 0.15) is 11.4 Å². The lowest BCUT2D eigenvalue weighted by Gasteiger charge is -2.33. The molecule has 1 aliphatic rings. The van der Waals surface area contributed by atoms with Crippen molar-refractivity contribution < 1.29 is 4.74 Å². The van der Waals surface area contributed by atoms with Crippen molar-refractivity contribution in [2.75, 3.05) is 0 Å². The van der Waals surface area contributed by atoms with Crippen molar-refractivity contribution in [1.29, 1.82) is 0 Å². The van der Waals surface area contributed by atoms with E-state index < -0.39 is 0 Å². The van der Waals surface area contributed by atoms with E-state index >= 15 is 0 Å². The van der Waals surface area contributed by atoms with Crippen LogP contribution in [0.15, 0.2) is 30.9 Å². The monoisotopic (exact) mass is 208 g/mol. The normalized spacial score (nSPS) is 25.0. The molecule has 0 aromatic heterocycles. The molecule has 0 unspecified atom stereocenters. The number of rotatable bonds is 1. The lowest BCUT2D eigenvalue weighted by atomic mass is 9.93. The van der Waals surface area contributed by atoms with Crippen LogP contribution in [0.2, 0.25) is 5.02 Å². The summed E-state index contributed by atoms with van der Waals surface area (Å²) in [5, 5.41) is 0.773. The molecular formula is C12H13ClO. The number of hydrogen-bond acceptors (Lipinski definition) is 1. The van der Waals surface area contributed by atoms with Gasteiger partial charge < -0.3 is 4.74 Å². The van der Waals surface area contributed by atoms with Gasteiger partial charge >= 0.3 is 0 Å². The summed E-state index contributed by atoms with van der Waals surface area (Å²) in [4.78, 5) is 0. The second kappa shape index (κ2) is 3.32. The van der Waals surface area contributed by atoms with Crippen LogP contribution in [0, 0.1) is 0 Å². The molecule has 0 amide bonds. The summed E-state index contributed by atoms with van der Waals surface area (Å²) in [5.74, 6) is 0.933. The van der Waals surface area contributed by atoms with E-state index in [-0.39, 0.29) is 5.60 Å². The highest BCUT2D eigenvalue weighted by molar-refractivity contribution is 6.30. The van der Waals surface area contributed by atoms with Crippen molar-refractivity contribution in [2.45, 2.75) is 25.4 Å². The Bertz CT molecular complexity index is 373. The third-order valence-electron chi connectivity index (χ3n) is 2.69. The van der Waals surface area contributed by atoms with E-state index in [4.69, 9.17) is 16.3 Å². The number of ether oxygens (including phenoxy) is 1. The zero-order valence-electron chi connectivity index (χ0n) is 8.22. The Labute approximate surface area is 89.3 Å². The summed E-state index contributed by atoms with van der Waals surface area (Å²) in [6.45, 7) is 5.85. The predicted molar refractivity (Wildman–Crippen MR) is 59.0 cm³/mol. The van der Waals surface area contributed by atoms with Crippen LogP contribution < -0.4 is 4.74 Å². The minimum atomic E-state index is -0.221. The van der Waals surface area contributed by atoms with Crippen LogP contribution in [-0.2, 0) is 6.42 Å². The van der Waals surface area contributed by atoms with Crippen LogP contribution in [0.5, 0.6) is 5.75 Å². The van der Waals surface area contributed by atoms with Crippen molar-refractivity contribution in [3.05, 3.63) is 41.4 Å². The highest BCUT2D eigenvalue weighted by Gasteiger charge is 2.28. The van der Waals surface area contributed by atoms with E-state index in [1.165, 1.54) is 5.56 Å². The van der Waals surface area contributed by atoms with Gasteiger partial charge in [-0.2, -0.15) is 0 Å². The first-order valence-electron chi connectivity index (χ1n) is 4.74. The molecule has 1 aromatic carbocycles. The van der Waals surface area contributed by atoms with Crippen molar-refractivity contribution in [2.24, 2.45) is 0 Å². The van der Waals surface area contributed by atoms with Crippen molar-refractivity contribution in [1.82, 2.24) is 0 Å². The topological polar surface area (TPSA) is 9.23 Å². The molecule has 1 heterocycles. The minimum Gasteiger partial charge on any atom is -0.483 e. The fourth-order valence-corrected chi connectivity index (χ4v) is 1.87. The molecule has 0 bridgehead atoms. The van der Waals surface area contributed by atoms with Gasteiger partial charge in [0.05, 0.1) is 0 Å². The quantitative estimate of drug-likeness (QED) is 0.641. The average Bonchev–Trinajstić information content (AvgIpc) is 2.19. The summed E-state index contributed by atoms with van der Waals surface area (Å²) in [5.41, 5.74) is 0.970. The minimum absolute atomic E-state index is 0.221. The average molecular weight is 209 g/mol. The van der Waals surface area contributed by atoms with Gasteiger partial charge in [0.15, 0.2) is 0 Å². The number of fused-ring (bicyclic) bond motifs is 1. The van der Waals surface area contributed by atoms with Gasteiger partial charge in [-0.1, -0.05) is 18.2 Å². The summed E-state index contributed by atoms with van der Waals surface area (Å²) in [6, 6.07) is 5.76. The molecule has 0 saturated carbocycles. The Balaban J connectivity index is 2.36. The maximum atomic E-state index is 5.91. The van der Waals surface area contributed by atoms with E-state index in [0.29, 0.717) is 0 Å². The van der Waals surface area contributed by atoms with Crippen LogP contribution in [-0.4, -0.2) is 5.60 Å². The lowest BCUT2D eigenvalue weighted by molar-refractivity contribution is 0.115. The van der Waals surface area contributed by atoms with E-state index in [1.54, 1.807) is 0 Å². The molecule has 1 nitrogen and oxygen atoms in total. The maximum absolute atomic E-state index is 5.91. The van der Waals surface area contributed by atoms with Crippen LogP contribution in [0.25, 0.3) is 0 Å². The number of benzene rings is 1. The Morgan fingerprint density at radius 3 is 3.07 bits per heavy atom. The molecule has 2 heteroatoms. The Morgan fingerprint density at radius 2 is 2.36 bits per heavy atom. The third-order valence-corrected chi connectivity index (χ3v) is 2.92. The molecule has 0 spiro atoms. The van der Waals surface area contributed by atoms with E-state index in [9.17, 15) is 0 Å². The van der Waals surface area contributed by atoms with Crippen molar-refractivity contribution >= 4 is 11.6 Å². The Hall–Kier alpha value is -0.950. The summed E-state index contributed by atoms with van der Waals surface area (Å²) in [7, 11) is 0. The molecular weight excluding hydrogens is 196 g/mol. The van der Waals surface area contributed by atoms with E-state index in [2.05, 4.69) is 13.5 Å². The van der Waals surface area contributed by atoms with Gasteiger partial charge in [0.25, 0.3) is 0 Å². The molecule has 0 saturated heterocycles. The molecule has 1 atom stereocenters. The Kier molecular flexibility index (Phi) is 2.28. The van der Waals surface area contributed by atoms with Gasteiger partial charge in [0.2, 0.25) is 0 Å². The fraction of sp³-hybridized carbons (Fsp3) is 0.333. The smallest absolute Gasteiger partial charge is 0.124 e. The van der Waals surface area contributed by atoms with Gasteiger partial charge in [0, 0.05) is 5.02 Å². The second-order valence-corrected chi connectivity index (χ2v) is 4.31. The van der Waals surface area contributed by atoms with Gasteiger partial charge in [-0.15, -0.1) is 0 Å². The molecule has 14 heavy (non-hydrogen) atoms. The standard InChI is InChI=1S/C12H13ClO/c1-3-12(2)7-6-9-8-10(13)4-5-11(9)14-12/h3-5,8H,1,6-7H2,2H3/t12-/m1/s1. The van der Waals surface area contributed by atoms with E-state index in [0.717, 1.165) is 23.6 Å². The van der Waals surface area contributed by atoms with Crippen LogP contribution >= 0.6 is 11.6 Å². The van der Waals surface area contributed by atoms with Crippen LogP contribution in [0.3, 0.4) is 0 Å². The third kappa shape index (κ3) is 1.64. The molecule has 0 radical (unpaired) electrons. The first kappa shape index (κ1) is 9.60. The fourth-order valence-electron chi connectivity index (χ4n) is 1.67. The lowest BCUT2D eigenvalue weighted by Crippen LogP contribution is -2.33. The summed E-state index contributed by atoms with van der Waals surface area (Å²) < 4.78 is 5.85. The summed E-state index contributed by atoms with van der Waals surface area (Å²) >= 11 is 5.91. The highest BCUT2D eigenvalue weighted by atomic mass is 35.5. The molecule has 74 valence electrons. The molecule has 1 aromatic rings. The number of hydrogen-bond donors (Lipinski definition) is 0. The first-order chi connectivity index (χ1) is 6.63. The molecule has 0 fully saturated rings. The largest absolute Gasteiger partial charge is 0.483 e. The van der Waals surface area contributed by atoms with Gasteiger partial charge in [-0.3, -0.25) is 0 Å². The predicted octanol–water partition coefficient (Wildman–Crippen LogP) is 3.61. The van der Waals surface area contributed by atoms with Gasteiger partial charge in [-0.25, -0.2) is 0 Å². The number of halogens is 1. The maximum Gasteiger partial charge on any atom is 0.124 e. The molecule has 1 aliphatic heterocycles. The van der Waals surface area contributed by atoms with Crippen molar-refractivity contribution in [3.8, 4) is 5.75 Å². The number of aryl methyl sites for hydroxylation is 1. The highest BCUT2D eigenvalue weighted by Crippen LogP contribution is 2.34.